The lowest BCUT2D eigenvalue weighted by atomic mass is 9.86. The molecule has 2 unspecified atom stereocenters. The summed E-state index contributed by atoms with van der Waals surface area (Å²) in [5.74, 6) is -0.761. The number of ether oxygens (including phenoxy) is 1. The molecule has 3 atom stereocenters. The Balaban J connectivity index is 2.52. The lowest BCUT2D eigenvalue weighted by Crippen LogP contribution is -2.48. The van der Waals surface area contributed by atoms with Crippen molar-refractivity contribution in [2.75, 3.05) is 6.61 Å². The second kappa shape index (κ2) is 5.65. The normalized spacial score (nSPS) is 34.1. The minimum atomic E-state index is -1.82. The number of hydrogen-bond acceptors (Lipinski definition) is 5. The second-order valence-electron chi connectivity index (χ2n) is 7.96. The summed E-state index contributed by atoms with van der Waals surface area (Å²) in [5.41, 5.74) is -2.87. The van der Waals surface area contributed by atoms with Gasteiger partial charge in [-0.1, -0.05) is 20.8 Å². The SMILES string of the molecule is CC1(O)C(=O)O[C@@](C)(CCCO[Si](C)(C)C(C)(C)C)C1O. The molecule has 0 amide bonds. The molecule has 0 aromatic carbocycles. The van der Waals surface area contributed by atoms with Gasteiger partial charge in [-0.25, -0.2) is 4.79 Å². The van der Waals surface area contributed by atoms with Crippen molar-refractivity contribution >= 4 is 14.3 Å². The molecule has 0 aliphatic carbocycles. The van der Waals surface area contributed by atoms with E-state index < -0.39 is 31.6 Å². The molecular weight excluding hydrogens is 288 g/mol. The quantitative estimate of drug-likeness (QED) is 0.462. The first-order valence-corrected chi connectivity index (χ1v) is 10.4. The third kappa shape index (κ3) is 3.67. The van der Waals surface area contributed by atoms with Gasteiger partial charge in [-0.15, -0.1) is 0 Å². The van der Waals surface area contributed by atoms with E-state index in [1.165, 1.54) is 6.92 Å². The van der Waals surface area contributed by atoms with E-state index in [0.29, 0.717) is 19.4 Å². The monoisotopic (exact) mass is 318 g/mol. The first-order valence-electron chi connectivity index (χ1n) is 7.52. The second-order valence-corrected chi connectivity index (χ2v) is 12.8. The summed E-state index contributed by atoms with van der Waals surface area (Å²) in [4.78, 5) is 11.6. The molecule has 0 saturated carbocycles. The molecule has 1 heterocycles. The number of carbonyl (C=O) groups is 1. The Bertz CT molecular complexity index is 399. The van der Waals surface area contributed by atoms with Gasteiger partial charge in [0.05, 0.1) is 0 Å². The van der Waals surface area contributed by atoms with Crippen LogP contribution < -0.4 is 0 Å². The maximum Gasteiger partial charge on any atom is 0.341 e. The van der Waals surface area contributed by atoms with Crippen LogP contribution in [0.25, 0.3) is 0 Å². The predicted molar refractivity (Wildman–Crippen MR) is 83.5 cm³/mol. The molecule has 124 valence electrons. The van der Waals surface area contributed by atoms with Crippen molar-refractivity contribution in [1.29, 1.82) is 0 Å². The van der Waals surface area contributed by atoms with E-state index in [-0.39, 0.29) is 5.04 Å². The van der Waals surface area contributed by atoms with Gasteiger partial charge in [0, 0.05) is 6.61 Å². The molecule has 21 heavy (non-hydrogen) atoms. The van der Waals surface area contributed by atoms with Gasteiger partial charge in [-0.2, -0.15) is 0 Å². The van der Waals surface area contributed by atoms with Gasteiger partial charge in [0.2, 0.25) is 0 Å². The van der Waals surface area contributed by atoms with E-state index in [4.69, 9.17) is 9.16 Å². The van der Waals surface area contributed by atoms with Gasteiger partial charge in [0.1, 0.15) is 11.7 Å². The van der Waals surface area contributed by atoms with Crippen molar-refractivity contribution in [3.8, 4) is 0 Å². The molecule has 5 nitrogen and oxygen atoms in total. The fourth-order valence-corrected chi connectivity index (χ4v) is 3.32. The molecular formula is C15H30O5Si. The summed E-state index contributed by atoms with van der Waals surface area (Å²) in [5, 5.41) is 20.2. The average molecular weight is 318 g/mol. The largest absolute Gasteiger partial charge is 0.454 e. The molecule has 1 aliphatic rings. The van der Waals surface area contributed by atoms with Crippen molar-refractivity contribution in [2.24, 2.45) is 0 Å². The van der Waals surface area contributed by atoms with E-state index in [0.717, 1.165) is 0 Å². The van der Waals surface area contributed by atoms with Crippen molar-refractivity contribution in [3.63, 3.8) is 0 Å². The van der Waals surface area contributed by atoms with Crippen LogP contribution in [-0.2, 0) is 14.0 Å². The number of aliphatic hydroxyl groups is 2. The zero-order valence-electron chi connectivity index (χ0n) is 14.3. The Morgan fingerprint density at radius 3 is 2.24 bits per heavy atom. The fraction of sp³-hybridized carbons (Fsp3) is 0.933. The Morgan fingerprint density at radius 1 is 1.33 bits per heavy atom. The summed E-state index contributed by atoms with van der Waals surface area (Å²) in [6.45, 7) is 14.4. The molecule has 1 aliphatic heterocycles. The smallest absolute Gasteiger partial charge is 0.341 e. The number of aliphatic hydroxyl groups excluding tert-OH is 1. The summed E-state index contributed by atoms with van der Waals surface area (Å²) in [6, 6.07) is 0. The van der Waals surface area contributed by atoms with E-state index in [1.54, 1.807) is 6.92 Å². The topological polar surface area (TPSA) is 76.0 Å². The minimum absolute atomic E-state index is 0.153. The molecule has 1 saturated heterocycles. The average Bonchev–Trinajstić information content (AvgIpc) is 2.45. The van der Waals surface area contributed by atoms with Crippen LogP contribution >= 0.6 is 0 Å². The summed E-state index contributed by atoms with van der Waals surface area (Å²) in [6.07, 6.45) is -0.0842. The molecule has 0 aromatic rings. The number of carbonyl (C=O) groups excluding carboxylic acids is 1. The van der Waals surface area contributed by atoms with Gasteiger partial charge < -0.3 is 19.4 Å². The van der Waals surface area contributed by atoms with Gasteiger partial charge in [-0.3, -0.25) is 0 Å². The van der Waals surface area contributed by atoms with Crippen LogP contribution in [0.1, 0.15) is 47.5 Å². The van der Waals surface area contributed by atoms with Crippen LogP contribution in [0.5, 0.6) is 0 Å². The summed E-state index contributed by atoms with van der Waals surface area (Å²) >= 11 is 0. The lowest BCUT2D eigenvalue weighted by molar-refractivity contribution is -0.157. The molecule has 0 bridgehead atoms. The van der Waals surface area contributed by atoms with Crippen LogP contribution in [0.2, 0.25) is 18.1 Å². The van der Waals surface area contributed by atoms with Crippen LogP contribution in [0, 0.1) is 0 Å². The highest BCUT2D eigenvalue weighted by atomic mass is 28.4. The van der Waals surface area contributed by atoms with Crippen LogP contribution in [0.4, 0.5) is 0 Å². The Labute approximate surface area is 128 Å². The van der Waals surface area contributed by atoms with E-state index in [1.807, 2.05) is 0 Å². The van der Waals surface area contributed by atoms with Crippen LogP contribution in [0.15, 0.2) is 0 Å². The number of hydrogen-bond donors (Lipinski definition) is 2. The van der Waals surface area contributed by atoms with Crippen molar-refractivity contribution < 1.29 is 24.2 Å². The van der Waals surface area contributed by atoms with Gasteiger partial charge in [0.15, 0.2) is 13.9 Å². The number of esters is 1. The Kier molecular flexibility index (Phi) is 5.00. The molecule has 0 spiro atoms. The van der Waals surface area contributed by atoms with Crippen molar-refractivity contribution in [2.45, 2.75) is 82.9 Å². The van der Waals surface area contributed by atoms with Gasteiger partial charge in [-0.05, 0) is 44.8 Å². The van der Waals surface area contributed by atoms with E-state index in [2.05, 4.69) is 33.9 Å². The van der Waals surface area contributed by atoms with E-state index >= 15 is 0 Å². The standard InChI is InChI=1S/C15H30O5Si/c1-13(2,3)21(6,7)19-10-8-9-14(4)11(16)15(5,18)12(17)20-14/h11,16,18H,8-10H2,1-7H3/t11?,14-,15?/m0/s1. The van der Waals surface area contributed by atoms with Gasteiger partial charge in [0.25, 0.3) is 0 Å². The molecule has 0 radical (unpaired) electrons. The van der Waals surface area contributed by atoms with Crippen molar-refractivity contribution in [1.82, 2.24) is 0 Å². The van der Waals surface area contributed by atoms with E-state index in [9.17, 15) is 15.0 Å². The molecule has 2 N–H and O–H groups in total. The summed E-state index contributed by atoms with van der Waals surface area (Å²) in [7, 11) is -1.78. The number of cyclic esters (lactones) is 1. The first kappa shape index (κ1) is 18.6. The first-order chi connectivity index (χ1) is 9.24. The third-order valence-corrected chi connectivity index (χ3v) is 9.47. The van der Waals surface area contributed by atoms with Gasteiger partial charge >= 0.3 is 5.97 Å². The Hall–Kier alpha value is -0.433. The molecule has 0 aromatic heterocycles. The van der Waals surface area contributed by atoms with Crippen LogP contribution in [0.3, 0.4) is 0 Å². The molecule has 1 fully saturated rings. The highest BCUT2D eigenvalue weighted by molar-refractivity contribution is 6.74. The highest BCUT2D eigenvalue weighted by Crippen LogP contribution is 2.39. The maximum atomic E-state index is 11.6. The van der Waals surface area contributed by atoms with Crippen LogP contribution in [-0.4, -0.2) is 48.4 Å². The highest BCUT2D eigenvalue weighted by Gasteiger charge is 2.59. The predicted octanol–water partition coefficient (Wildman–Crippen LogP) is 2.22. The zero-order chi connectivity index (χ0) is 16.7. The number of rotatable bonds is 5. The minimum Gasteiger partial charge on any atom is -0.454 e. The molecule has 1 rings (SSSR count). The fourth-order valence-electron chi connectivity index (χ4n) is 2.23. The maximum absolute atomic E-state index is 11.6. The van der Waals surface area contributed by atoms with Crippen molar-refractivity contribution in [3.05, 3.63) is 0 Å². The zero-order valence-corrected chi connectivity index (χ0v) is 15.3. The third-order valence-electron chi connectivity index (χ3n) is 4.94. The Morgan fingerprint density at radius 2 is 1.86 bits per heavy atom. The molecule has 6 heteroatoms. The lowest BCUT2D eigenvalue weighted by Gasteiger charge is -2.36. The summed E-state index contributed by atoms with van der Waals surface area (Å²) < 4.78 is 11.3.